The van der Waals surface area contributed by atoms with Crippen molar-refractivity contribution in [2.75, 3.05) is 11.9 Å². The summed E-state index contributed by atoms with van der Waals surface area (Å²) in [6, 6.07) is 14.8. The van der Waals surface area contributed by atoms with E-state index >= 15 is 0 Å². The van der Waals surface area contributed by atoms with Gasteiger partial charge in [-0.25, -0.2) is 0 Å². The lowest BCUT2D eigenvalue weighted by molar-refractivity contribution is 0.384. The van der Waals surface area contributed by atoms with E-state index in [0.717, 1.165) is 6.54 Å². The molecule has 1 aliphatic rings. The maximum absolute atomic E-state index is 5.39. The summed E-state index contributed by atoms with van der Waals surface area (Å²) >= 11 is 0. The first-order valence-corrected chi connectivity index (χ1v) is 5.72. The molecule has 0 saturated carbocycles. The predicted octanol–water partition coefficient (Wildman–Crippen LogP) is 3.04. The van der Waals surface area contributed by atoms with Crippen LogP contribution in [0.1, 0.15) is 6.92 Å². The molecule has 0 aliphatic carbocycles. The summed E-state index contributed by atoms with van der Waals surface area (Å²) in [4.78, 5) is 0. The molecule has 2 aromatic carbocycles. The van der Waals surface area contributed by atoms with E-state index in [0.29, 0.717) is 12.2 Å². The van der Waals surface area contributed by atoms with Crippen molar-refractivity contribution >= 4 is 16.5 Å². The van der Waals surface area contributed by atoms with Crippen LogP contribution >= 0.6 is 0 Å². The van der Waals surface area contributed by atoms with Crippen LogP contribution in [0.3, 0.4) is 0 Å². The first-order chi connectivity index (χ1) is 7.84. The third-order valence-electron chi connectivity index (χ3n) is 3.12. The number of benzene rings is 2. The summed E-state index contributed by atoms with van der Waals surface area (Å²) in [5.74, 6) is 0. The molecule has 0 bridgehead atoms. The number of epoxide rings is 1. The molecule has 16 heavy (non-hydrogen) atoms. The lowest BCUT2D eigenvalue weighted by Crippen LogP contribution is -2.09. The summed E-state index contributed by atoms with van der Waals surface area (Å²) < 4.78 is 5.39. The molecule has 1 saturated heterocycles. The average molecular weight is 213 g/mol. The standard InChI is InChI=1S/C14H15NO/c1-10-14(16-10)9-15-13-8-4-6-11-5-2-3-7-12(11)13/h2-8,10,14-15H,9H2,1H3. The van der Waals surface area contributed by atoms with Gasteiger partial charge in [0.25, 0.3) is 0 Å². The molecule has 0 spiro atoms. The highest BCUT2D eigenvalue weighted by Crippen LogP contribution is 2.25. The minimum atomic E-state index is 0.388. The zero-order valence-electron chi connectivity index (χ0n) is 9.31. The SMILES string of the molecule is CC1OC1CNc1cccc2ccccc12. The molecule has 1 heterocycles. The van der Waals surface area contributed by atoms with Crippen LogP contribution in [0.4, 0.5) is 5.69 Å². The second-order valence-electron chi connectivity index (χ2n) is 4.29. The summed E-state index contributed by atoms with van der Waals surface area (Å²) in [6.07, 6.45) is 0.807. The van der Waals surface area contributed by atoms with E-state index in [1.807, 2.05) is 0 Å². The van der Waals surface area contributed by atoms with Crippen molar-refractivity contribution in [2.45, 2.75) is 19.1 Å². The van der Waals surface area contributed by atoms with E-state index in [9.17, 15) is 0 Å². The summed E-state index contributed by atoms with van der Waals surface area (Å²) in [5, 5.41) is 6.01. The van der Waals surface area contributed by atoms with Crippen molar-refractivity contribution in [3.8, 4) is 0 Å². The van der Waals surface area contributed by atoms with Gasteiger partial charge in [-0.05, 0) is 18.4 Å². The lowest BCUT2D eigenvalue weighted by atomic mass is 10.1. The molecule has 2 nitrogen and oxygen atoms in total. The quantitative estimate of drug-likeness (QED) is 0.792. The summed E-state index contributed by atoms with van der Waals surface area (Å²) in [7, 11) is 0. The molecule has 0 amide bonds. The topological polar surface area (TPSA) is 24.6 Å². The van der Waals surface area contributed by atoms with Gasteiger partial charge in [-0.15, -0.1) is 0 Å². The Labute approximate surface area is 95.2 Å². The third-order valence-corrected chi connectivity index (χ3v) is 3.12. The predicted molar refractivity (Wildman–Crippen MR) is 66.8 cm³/mol. The zero-order chi connectivity index (χ0) is 11.0. The van der Waals surface area contributed by atoms with Crippen LogP contribution in [0.5, 0.6) is 0 Å². The summed E-state index contributed by atoms with van der Waals surface area (Å²) in [5.41, 5.74) is 1.20. The van der Waals surface area contributed by atoms with Crippen LogP contribution in [-0.2, 0) is 4.74 Å². The third kappa shape index (κ3) is 1.76. The molecule has 3 rings (SSSR count). The Kier molecular flexibility index (Phi) is 2.29. The van der Waals surface area contributed by atoms with E-state index < -0.39 is 0 Å². The molecule has 1 aliphatic heterocycles. The van der Waals surface area contributed by atoms with Gasteiger partial charge in [-0.2, -0.15) is 0 Å². The second kappa shape index (κ2) is 3.80. The van der Waals surface area contributed by atoms with Crippen molar-refractivity contribution in [3.05, 3.63) is 42.5 Å². The van der Waals surface area contributed by atoms with Crippen LogP contribution < -0.4 is 5.32 Å². The first kappa shape index (κ1) is 9.67. The Morgan fingerprint density at radius 1 is 1.12 bits per heavy atom. The molecule has 2 unspecified atom stereocenters. The molecule has 2 atom stereocenters. The normalized spacial score (nSPS) is 23.3. The van der Waals surface area contributed by atoms with E-state index in [-0.39, 0.29) is 0 Å². The highest BCUT2D eigenvalue weighted by molar-refractivity contribution is 5.93. The van der Waals surface area contributed by atoms with Crippen LogP contribution in [0.25, 0.3) is 10.8 Å². The first-order valence-electron chi connectivity index (χ1n) is 5.72. The Bertz CT molecular complexity index is 504. The van der Waals surface area contributed by atoms with Crippen molar-refractivity contribution in [2.24, 2.45) is 0 Å². The number of rotatable bonds is 3. The molecule has 1 N–H and O–H groups in total. The van der Waals surface area contributed by atoms with Gasteiger partial charge >= 0.3 is 0 Å². The van der Waals surface area contributed by atoms with Gasteiger partial charge in [-0.3, -0.25) is 0 Å². The molecule has 2 aromatic rings. The molecular formula is C14H15NO. The van der Waals surface area contributed by atoms with E-state index in [1.165, 1.54) is 16.5 Å². The molecule has 2 heteroatoms. The fraction of sp³-hybridized carbons (Fsp3) is 0.286. The number of anilines is 1. The maximum Gasteiger partial charge on any atom is 0.101 e. The number of hydrogen-bond donors (Lipinski definition) is 1. The van der Waals surface area contributed by atoms with Gasteiger partial charge < -0.3 is 10.1 Å². The minimum Gasteiger partial charge on any atom is -0.382 e. The zero-order valence-corrected chi connectivity index (χ0v) is 9.31. The Balaban J connectivity index is 1.85. The van der Waals surface area contributed by atoms with Gasteiger partial charge in [0.1, 0.15) is 6.10 Å². The smallest absolute Gasteiger partial charge is 0.101 e. The molecule has 82 valence electrons. The van der Waals surface area contributed by atoms with Gasteiger partial charge in [-0.1, -0.05) is 36.4 Å². The van der Waals surface area contributed by atoms with Crippen molar-refractivity contribution < 1.29 is 4.74 Å². The van der Waals surface area contributed by atoms with Crippen molar-refractivity contribution in [3.63, 3.8) is 0 Å². The van der Waals surface area contributed by atoms with Gasteiger partial charge in [0.15, 0.2) is 0 Å². The van der Waals surface area contributed by atoms with E-state index in [4.69, 9.17) is 4.74 Å². The number of fused-ring (bicyclic) bond motifs is 1. The van der Waals surface area contributed by atoms with Crippen LogP contribution in [0.15, 0.2) is 42.5 Å². The highest BCUT2D eigenvalue weighted by Gasteiger charge is 2.33. The van der Waals surface area contributed by atoms with Gasteiger partial charge in [0.05, 0.1) is 6.10 Å². The van der Waals surface area contributed by atoms with Crippen molar-refractivity contribution in [1.82, 2.24) is 0 Å². The molecular weight excluding hydrogens is 198 g/mol. The Morgan fingerprint density at radius 3 is 2.69 bits per heavy atom. The Morgan fingerprint density at radius 2 is 1.88 bits per heavy atom. The number of ether oxygens (including phenoxy) is 1. The average Bonchev–Trinajstić information content (AvgIpc) is 3.03. The van der Waals surface area contributed by atoms with Crippen LogP contribution in [0, 0.1) is 0 Å². The maximum atomic E-state index is 5.39. The van der Waals surface area contributed by atoms with Crippen LogP contribution in [0.2, 0.25) is 0 Å². The van der Waals surface area contributed by atoms with Crippen molar-refractivity contribution in [1.29, 1.82) is 0 Å². The fourth-order valence-corrected chi connectivity index (χ4v) is 2.03. The Hall–Kier alpha value is -1.54. The molecule has 0 aromatic heterocycles. The second-order valence-corrected chi connectivity index (χ2v) is 4.29. The minimum absolute atomic E-state index is 0.388. The van der Waals surface area contributed by atoms with Crippen LogP contribution in [-0.4, -0.2) is 18.8 Å². The largest absolute Gasteiger partial charge is 0.382 e. The molecule has 1 fully saturated rings. The van der Waals surface area contributed by atoms with Gasteiger partial charge in [0, 0.05) is 17.6 Å². The van der Waals surface area contributed by atoms with E-state index in [2.05, 4.69) is 54.7 Å². The highest BCUT2D eigenvalue weighted by atomic mass is 16.6. The lowest BCUT2D eigenvalue weighted by Gasteiger charge is -2.08. The number of hydrogen-bond acceptors (Lipinski definition) is 2. The van der Waals surface area contributed by atoms with E-state index in [1.54, 1.807) is 0 Å². The summed E-state index contributed by atoms with van der Waals surface area (Å²) in [6.45, 7) is 3.00. The fourth-order valence-electron chi connectivity index (χ4n) is 2.03. The van der Waals surface area contributed by atoms with Gasteiger partial charge in [0.2, 0.25) is 0 Å². The number of nitrogens with one attached hydrogen (secondary N) is 1. The monoisotopic (exact) mass is 213 g/mol. The molecule has 0 radical (unpaired) electrons.